The van der Waals surface area contributed by atoms with E-state index in [1.165, 1.54) is 0 Å². The topological polar surface area (TPSA) is 82.4 Å². The van der Waals surface area contributed by atoms with Crippen LogP contribution in [0.5, 0.6) is 0 Å². The van der Waals surface area contributed by atoms with Gasteiger partial charge in [-0.05, 0) is 11.1 Å². The summed E-state index contributed by atoms with van der Waals surface area (Å²) in [5.41, 5.74) is 2.01. The number of rotatable bonds is 6. The first-order valence-corrected chi connectivity index (χ1v) is 9.29. The fourth-order valence-electron chi connectivity index (χ4n) is 4.19. The highest BCUT2D eigenvalue weighted by Crippen LogP contribution is 2.42. The van der Waals surface area contributed by atoms with E-state index in [2.05, 4.69) is 0 Å². The Morgan fingerprint density at radius 2 is 1.52 bits per heavy atom. The molecule has 2 fully saturated rings. The summed E-state index contributed by atoms with van der Waals surface area (Å²) in [6, 6.07) is 19.0. The molecule has 1 heterocycles. The predicted molar refractivity (Wildman–Crippen MR) is 98.3 cm³/mol. The van der Waals surface area contributed by atoms with Gasteiger partial charge in [-0.1, -0.05) is 60.7 Å². The highest BCUT2D eigenvalue weighted by atomic mass is 16.7. The van der Waals surface area contributed by atoms with Crippen LogP contribution in [0.3, 0.4) is 0 Å². The Labute approximate surface area is 158 Å². The average Bonchev–Trinajstić information content (AvgIpc) is 3.18. The molecule has 0 bridgehead atoms. The molecule has 1 aliphatic carbocycles. The van der Waals surface area contributed by atoms with Gasteiger partial charge in [0.2, 0.25) is 0 Å². The lowest BCUT2D eigenvalue weighted by molar-refractivity contribution is -0.207. The Hall–Kier alpha value is -1.80. The monoisotopic (exact) mass is 371 g/mol. The Kier molecular flexibility index (Phi) is 5.54. The zero-order chi connectivity index (χ0) is 18.8. The lowest BCUT2D eigenvalue weighted by Gasteiger charge is -2.27. The molecular weight excluding hydrogens is 346 g/mol. The Balaban J connectivity index is 1.49. The summed E-state index contributed by atoms with van der Waals surface area (Å²) in [6.45, 7) is 0.553. The SMILES string of the molecule is OC[C@@H]1ON(Cc2ccccc2)[C@H]2[C@H](O)[C@@H](OCc3ccccc3)[C@H](O)[C@H]21. The van der Waals surface area contributed by atoms with Crippen LogP contribution in [0.4, 0.5) is 0 Å². The number of aliphatic hydroxyl groups excluding tert-OH is 3. The molecule has 0 unspecified atom stereocenters. The van der Waals surface area contributed by atoms with Gasteiger partial charge in [-0.3, -0.25) is 4.84 Å². The maximum Gasteiger partial charge on any atom is 0.112 e. The van der Waals surface area contributed by atoms with Crippen molar-refractivity contribution in [3.05, 3.63) is 71.8 Å². The van der Waals surface area contributed by atoms with E-state index in [9.17, 15) is 15.3 Å². The third-order valence-corrected chi connectivity index (χ3v) is 5.49. The molecule has 144 valence electrons. The quantitative estimate of drug-likeness (QED) is 0.706. The molecule has 1 aliphatic heterocycles. The minimum absolute atomic E-state index is 0.221. The molecule has 0 radical (unpaired) electrons. The minimum Gasteiger partial charge on any atom is -0.394 e. The molecule has 0 amide bonds. The summed E-state index contributed by atoms with van der Waals surface area (Å²) in [6.07, 6.45) is -3.11. The fourth-order valence-corrected chi connectivity index (χ4v) is 4.19. The van der Waals surface area contributed by atoms with E-state index in [1.807, 2.05) is 60.7 Å². The molecule has 2 aromatic rings. The Bertz CT molecular complexity index is 728. The first kappa shape index (κ1) is 18.6. The molecule has 6 nitrogen and oxygen atoms in total. The predicted octanol–water partition coefficient (Wildman–Crippen LogP) is 1.10. The van der Waals surface area contributed by atoms with E-state index >= 15 is 0 Å². The van der Waals surface area contributed by atoms with Gasteiger partial charge in [0.15, 0.2) is 0 Å². The lowest BCUT2D eigenvalue weighted by Crippen LogP contribution is -2.42. The lowest BCUT2D eigenvalue weighted by atomic mass is 9.96. The van der Waals surface area contributed by atoms with E-state index in [-0.39, 0.29) is 6.61 Å². The number of ether oxygens (including phenoxy) is 1. The van der Waals surface area contributed by atoms with Crippen LogP contribution in [0.2, 0.25) is 0 Å². The number of hydrogen-bond donors (Lipinski definition) is 3. The summed E-state index contributed by atoms with van der Waals surface area (Å²) in [4.78, 5) is 5.84. The van der Waals surface area contributed by atoms with Gasteiger partial charge in [-0.15, -0.1) is 0 Å². The van der Waals surface area contributed by atoms with Crippen molar-refractivity contribution in [1.82, 2.24) is 5.06 Å². The molecule has 0 spiro atoms. The molecule has 1 saturated carbocycles. The summed E-state index contributed by atoms with van der Waals surface area (Å²) < 4.78 is 5.88. The van der Waals surface area contributed by atoms with Crippen LogP contribution >= 0.6 is 0 Å². The van der Waals surface area contributed by atoms with Gasteiger partial charge in [0.05, 0.1) is 25.4 Å². The number of aliphatic hydroxyl groups is 3. The van der Waals surface area contributed by atoms with Crippen molar-refractivity contribution in [2.75, 3.05) is 6.61 Å². The van der Waals surface area contributed by atoms with E-state index < -0.39 is 36.4 Å². The van der Waals surface area contributed by atoms with Crippen LogP contribution in [0.15, 0.2) is 60.7 Å². The highest BCUT2D eigenvalue weighted by Gasteiger charge is 2.60. The zero-order valence-electron chi connectivity index (χ0n) is 15.0. The van der Waals surface area contributed by atoms with E-state index in [0.29, 0.717) is 13.2 Å². The smallest absolute Gasteiger partial charge is 0.112 e. The number of fused-ring (bicyclic) bond motifs is 1. The molecule has 6 heteroatoms. The summed E-state index contributed by atoms with van der Waals surface area (Å²) >= 11 is 0. The first-order chi connectivity index (χ1) is 13.2. The van der Waals surface area contributed by atoms with Gasteiger partial charge < -0.3 is 20.1 Å². The van der Waals surface area contributed by atoms with Gasteiger partial charge in [-0.25, -0.2) is 0 Å². The molecule has 27 heavy (non-hydrogen) atoms. The standard InChI is InChI=1S/C21H25NO5/c23-12-16-17-18(22(27-16)11-14-7-3-1-4-8-14)20(25)21(19(17)24)26-13-15-9-5-2-6-10-15/h1-10,16-21,23-25H,11-13H2/t16-,17-,18+,19+,20-,21-/m0/s1. The van der Waals surface area contributed by atoms with Crippen molar-refractivity contribution >= 4 is 0 Å². The number of nitrogens with zero attached hydrogens (tertiary/aromatic N) is 1. The van der Waals surface area contributed by atoms with Crippen molar-refractivity contribution in [3.8, 4) is 0 Å². The second kappa shape index (κ2) is 8.06. The van der Waals surface area contributed by atoms with Crippen LogP contribution in [-0.4, -0.2) is 57.4 Å². The van der Waals surface area contributed by atoms with Crippen LogP contribution < -0.4 is 0 Å². The highest BCUT2D eigenvalue weighted by molar-refractivity contribution is 5.17. The van der Waals surface area contributed by atoms with Gasteiger partial charge in [0, 0.05) is 12.5 Å². The number of hydrogen-bond acceptors (Lipinski definition) is 6. The second-order valence-electron chi connectivity index (χ2n) is 7.20. The van der Waals surface area contributed by atoms with Crippen molar-refractivity contribution in [3.63, 3.8) is 0 Å². The molecular formula is C21H25NO5. The number of hydroxylamine groups is 2. The van der Waals surface area contributed by atoms with E-state index in [1.54, 1.807) is 5.06 Å². The van der Waals surface area contributed by atoms with Gasteiger partial charge in [0.25, 0.3) is 0 Å². The maximum atomic E-state index is 10.9. The summed E-state index contributed by atoms with van der Waals surface area (Å²) in [7, 11) is 0. The Morgan fingerprint density at radius 3 is 2.15 bits per heavy atom. The van der Waals surface area contributed by atoms with E-state index in [0.717, 1.165) is 11.1 Å². The van der Waals surface area contributed by atoms with Crippen molar-refractivity contribution in [2.45, 2.75) is 43.6 Å². The van der Waals surface area contributed by atoms with Gasteiger partial charge >= 0.3 is 0 Å². The zero-order valence-corrected chi connectivity index (χ0v) is 15.0. The molecule has 3 N–H and O–H groups in total. The van der Waals surface area contributed by atoms with Crippen molar-refractivity contribution in [2.24, 2.45) is 5.92 Å². The molecule has 2 aromatic carbocycles. The maximum absolute atomic E-state index is 10.9. The molecule has 6 atom stereocenters. The normalized spacial score (nSPS) is 33.3. The first-order valence-electron chi connectivity index (χ1n) is 9.29. The van der Waals surface area contributed by atoms with Crippen LogP contribution in [0.1, 0.15) is 11.1 Å². The van der Waals surface area contributed by atoms with Gasteiger partial charge in [0.1, 0.15) is 18.3 Å². The summed E-state index contributed by atoms with van der Waals surface area (Å²) in [5, 5.41) is 33.1. The van der Waals surface area contributed by atoms with Crippen LogP contribution in [-0.2, 0) is 22.7 Å². The van der Waals surface area contributed by atoms with Crippen LogP contribution in [0, 0.1) is 5.92 Å². The molecule has 2 aliphatic rings. The third-order valence-electron chi connectivity index (χ3n) is 5.49. The van der Waals surface area contributed by atoms with E-state index in [4.69, 9.17) is 9.57 Å². The van der Waals surface area contributed by atoms with Gasteiger partial charge in [-0.2, -0.15) is 5.06 Å². The minimum atomic E-state index is -0.911. The van der Waals surface area contributed by atoms with Crippen molar-refractivity contribution < 1.29 is 24.9 Å². The summed E-state index contributed by atoms with van der Waals surface area (Å²) in [5.74, 6) is -0.408. The van der Waals surface area contributed by atoms with Crippen molar-refractivity contribution in [1.29, 1.82) is 0 Å². The Morgan fingerprint density at radius 1 is 0.889 bits per heavy atom. The number of benzene rings is 2. The average molecular weight is 371 g/mol. The van der Waals surface area contributed by atoms with Crippen LogP contribution in [0.25, 0.3) is 0 Å². The third kappa shape index (κ3) is 3.65. The largest absolute Gasteiger partial charge is 0.394 e. The molecule has 1 saturated heterocycles. The second-order valence-corrected chi connectivity index (χ2v) is 7.20. The fraction of sp³-hybridized carbons (Fsp3) is 0.429. The molecule has 4 rings (SSSR count). The molecule has 0 aromatic heterocycles.